The smallest absolute Gasteiger partial charge is 0.327 e. The van der Waals surface area contributed by atoms with Gasteiger partial charge in [0, 0.05) is 30.0 Å². The molecule has 4 aromatic rings. The molecule has 0 aliphatic rings. The number of rotatable bonds is 8. The quantitative estimate of drug-likeness (QED) is 0.120. The largest absolute Gasteiger partial charge is 0.411 e. The first-order chi connectivity index (χ1) is 17.8. The average Bonchev–Trinajstić information content (AvgIpc) is 3.40. The number of nitrogens with zero attached hydrogens (tertiary/aromatic N) is 5. The molecule has 4 heterocycles. The Kier molecular flexibility index (Phi) is 9.28. The fourth-order valence-electron chi connectivity index (χ4n) is 4.48. The van der Waals surface area contributed by atoms with E-state index in [1.807, 2.05) is 27.7 Å². The highest BCUT2D eigenvalue weighted by Gasteiger charge is 2.20. The number of H-pyrrole nitrogens is 2. The number of aromatic nitrogens is 6. The number of imidazole rings is 2. The molecule has 0 fully saturated rings. The van der Waals surface area contributed by atoms with E-state index in [0.29, 0.717) is 44.8 Å². The van der Waals surface area contributed by atoms with E-state index in [2.05, 4.69) is 25.1 Å². The predicted octanol–water partition coefficient (Wildman–Crippen LogP) is 5.10. The molecule has 0 spiro atoms. The van der Waals surface area contributed by atoms with E-state index in [1.54, 1.807) is 9.13 Å². The monoisotopic (exact) mass is 549 g/mol. The molecule has 0 saturated heterocycles. The number of carbonyl (C=O) groups is 1. The number of oxime groups is 1. The van der Waals surface area contributed by atoms with Gasteiger partial charge in [0.1, 0.15) is 5.52 Å². The molecule has 0 atom stereocenters. The molecule has 4 aromatic heterocycles. The molecule has 0 bridgehead atoms. The number of aromatic amines is 2. The van der Waals surface area contributed by atoms with Crippen LogP contribution in [0.1, 0.15) is 81.4 Å². The van der Waals surface area contributed by atoms with Crippen molar-refractivity contribution in [2.24, 2.45) is 5.16 Å². The second-order valence-electron chi connectivity index (χ2n) is 8.34. The molecule has 0 aliphatic carbocycles. The van der Waals surface area contributed by atoms with Crippen molar-refractivity contribution in [3.63, 3.8) is 0 Å². The van der Waals surface area contributed by atoms with Gasteiger partial charge in [-0.3, -0.25) is 23.9 Å². The van der Waals surface area contributed by atoms with Gasteiger partial charge in [0.25, 0.3) is 0 Å². The van der Waals surface area contributed by atoms with Crippen LogP contribution in [-0.4, -0.2) is 46.8 Å². The lowest BCUT2D eigenvalue weighted by Crippen LogP contribution is -2.22. The zero-order valence-electron chi connectivity index (χ0n) is 21.0. The van der Waals surface area contributed by atoms with Gasteiger partial charge in [0.2, 0.25) is 0 Å². The van der Waals surface area contributed by atoms with Gasteiger partial charge in [0.05, 0.1) is 27.3 Å². The van der Waals surface area contributed by atoms with E-state index in [1.165, 1.54) is 18.6 Å². The van der Waals surface area contributed by atoms with Crippen LogP contribution in [-0.2, 0) is 0 Å². The van der Waals surface area contributed by atoms with E-state index in [0.717, 1.165) is 25.7 Å². The Morgan fingerprint density at radius 3 is 1.65 bits per heavy atom. The maximum absolute atomic E-state index is 12.1. The van der Waals surface area contributed by atoms with Crippen molar-refractivity contribution < 1.29 is 10.0 Å². The molecule has 3 N–H and O–H groups in total. The highest BCUT2D eigenvalue weighted by atomic mass is 35.5. The molecular formula is C24H29Cl2N7O4. The van der Waals surface area contributed by atoms with Crippen molar-refractivity contribution in [1.29, 1.82) is 0 Å². The topological polar surface area (TPSA) is 151 Å². The second kappa shape index (κ2) is 12.2. The Bertz CT molecular complexity index is 1540. The molecule has 0 aromatic carbocycles. The van der Waals surface area contributed by atoms with Crippen LogP contribution in [0.2, 0.25) is 10.0 Å². The number of aldehydes is 1. The third-order valence-corrected chi connectivity index (χ3v) is 6.98. The fraction of sp³-hybridized carbons (Fsp3) is 0.417. The van der Waals surface area contributed by atoms with Crippen LogP contribution in [0.5, 0.6) is 0 Å². The minimum absolute atomic E-state index is 0.0326. The number of halogens is 2. The molecule has 0 unspecified atom stereocenters. The van der Waals surface area contributed by atoms with E-state index in [9.17, 15) is 14.4 Å². The Hall–Kier alpha value is -3.44. The molecule has 198 valence electrons. The van der Waals surface area contributed by atoms with E-state index in [4.69, 9.17) is 28.4 Å². The predicted molar refractivity (Wildman–Crippen MR) is 145 cm³/mol. The van der Waals surface area contributed by atoms with E-state index < -0.39 is 0 Å². The van der Waals surface area contributed by atoms with Gasteiger partial charge in [-0.15, -0.1) is 0 Å². The normalized spacial score (nSPS) is 11.7. The molecule has 37 heavy (non-hydrogen) atoms. The summed E-state index contributed by atoms with van der Waals surface area (Å²) in [5, 5.41) is 12.4. The van der Waals surface area contributed by atoms with E-state index in [-0.39, 0.29) is 28.5 Å². The van der Waals surface area contributed by atoms with Crippen LogP contribution in [0.15, 0.2) is 27.1 Å². The Labute approximate surface area is 222 Å². The summed E-state index contributed by atoms with van der Waals surface area (Å²) in [6, 6.07) is 0.0811. The summed E-state index contributed by atoms with van der Waals surface area (Å²) < 4.78 is 3.21. The molecule has 13 heteroatoms. The van der Waals surface area contributed by atoms with Gasteiger partial charge in [-0.25, -0.2) is 19.6 Å². The Morgan fingerprint density at radius 2 is 1.27 bits per heavy atom. The SMILES string of the molecule is CCC(CC)n1c(=O)[nH]c2ncc(Cl)c(/C=N/O)c21.CCC(CC)n1c(=O)[nH]c2ncc(Cl)c(C=O)c21. The minimum Gasteiger partial charge on any atom is -0.411 e. The molecular weight excluding hydrogens is 521 g/mol. The van der Waals surface area contributed by atoms with Crippen LogP contribution in [0.4, 0.5) is 0 Å². The second-order valence-corrected chi connectivity index (χ2v) is 9.15. The standard InChI is InChI=1S/C12H15ClN4O2.C12H14ClN3O2/c1-3-7(4-2)17-10-8(5-15-19)9(13)6-14-11(10)16-12(17)18;1-3-7(4-2)16-10-8(6-17)9(13)5-14-11(10)15-12(16)18/h5-7,19H,3-4H2,1-2H3,(H,14,16,18);5-7H,3-4H2,1-2H3,(H,14,15,18)/b15-5+;. The first-order valence-corrected chi connectivity index (χ1v) is 12.7. The minimum atomic E-state index is -0.253. The van der Waals surface area contributed by atoms with Crippen molar-refractivity contribution in [3.8, 4) is 0 Å². The fourth-order valence-corrected chi connectivity index (χ4v) is 4.85. The molecule has 4 rings (SSSR count). The maximum atomic E-state index is 12.1. The van der Waals surface area contributed by atoms with Gasteiger partial charge in [-0.05, 0) is 25.7 Å². The lowest BCUT2D eigenvalue weighted by atomic mass is 10.1. The first kappa shape index (κ1) is 28.1. The van der Waals surface area contributed by atoms with Crippen molar-refractivity contribution >= 4 is 58.0 Å². The highest BCUT2D eigenvalue weighted by Crippen LogP contribution is 2.26. The van der Waals surface area contributed by atoms with Crippen molar-refractivity contribution in [1.82, 2.24) is 29.1 Å². The molecule has 0 amide bonds. The first-order valence-electron chi connectivity index (χ1n) is 12.0. The van der Waals surface area contributed by atoms with Gasteiger partial charge >= 0.3 is 11.4 Å². The van der Waals surface area contributed by atoms with Crippen LogP contribution < -0.4 is 11.4 Å². The maximum Gasteiger partial charge on any atom is 0.327 e. The van der Waals surface area contributed by atoms with Crippen molar-refractivity contribution in [3.05, 3.63) is 54.5 Å². The van der Waals surface area contributed by atoms with Crippen LogP contribution in [0, 0.1) is 0 Å². The lowest BCUT2D eigenvalue weighted by molar-refractivity contribution is 0.112. The summed E-state index contributed by atoms with van der Waals surface area (Å²) in [5.74, 6) is 0. The summed E-state index contributed by atoms with van der Waals surface area (Å²) in [4.78, 5) is 48.7. The number of hydrogen-bond acceptors (Lipinski definition) is 7. The summed E-state index contributed by atoms with van der Waals surface area (Å²) in [6.07, 6.45) is 7.91. The van der Waals surface area contributed by atoms with Crippen LogP contribution >= 0.6 is 23.2 Å². The zero-order chi connectivity index (χ0) is 27.3. The van der Waals surface area contributed by atoms with Crippen molar-refractivity contribution in [2.75, 3.05) is 0 Å². The van der Waals surface area contributed by atoms with Gasteiger partial charge in [-0.2, -0.15) is 0 Å². The Morgan fingerprint density at radius 1 is 0.865 bits per heavy atom. The van der Waals surface area contributed by atoms with Crippen molar-refractivity contribution in [2.45, 2.75) is 65.5 Å². The summed E-state index contributed by atoms with van der Waals surface area (Å²) in [7, 11) is 0. The van der Waals surface area contributed by atoms with Gasteiger partial charge < -0.3 is 5.21 Å². The summed E-state index contributed by atoms with van der Waals surface area (Å²) in [5.41, 5.74) is 2.23. The molecule has 0 radical (unpaired) electrons. The van der Waals surface area contributed by atoms with Gasteiger partial charge in [0.15, 0.2) is 17.6 Å². The number of nitrogens with one attached hydrogen (secondary N) is 2. The molecule has 0 saturated carbocycles. The highest BCUT2D eigenvalue weighted by molar-refractivity contribution is 6.34. The van der Waals surface area contributed by atoms with Gasteiger partial charge in [-0.1, -0.05) is 56.1 Å². The third-order valence-electron chi connectivity index (χ3n) is 6.38. The third kappa shape index (κ3) is 5.33. The Balaban J connectivity index is 0.000000206. The zero-order valence-corrected chi connectivity index (χ0v) is 22.5. The molecule has 11 nitrogen and oxygen atoms in total. The lowest BCUT2D eigenvalue weighted by Gasteiger charge is -2.15. The van der Waals surface area contributed by atoms with Crippen LogP contribution in [0.3, 0.4) is 0 Å². The number of carbonyl (C=O) groups excluding carboxylic acids is 1. The molecule has 0 aliphatic heterocycles. The summed E-state index contributed by atoms with van der Waals surface area (Å²) in [6.45, 7) is 8.02. The van der Waals surface area contributed by atoms with Crippen LogP contribution in [0.25, 0.3) is 22.3 Å². The summed E-state index contributed by atoms with van der Waals surface area (Å²) >= 11 is 12.0. The number of hydrogen-bond donors (Lipinski definition) is 3. The number of fused-ring (bicyclic) bond motifs is 2. The number of pyridine rings is 2. The average molecular weight is 550 g/mol. The van der Waals surface area contributed by atoms with E-state index >= 15 is 0 Å².